The van der Waals surface area contributed by atoms with Gasteiger partial charge in [0, 0.05) is 31.4 Å². The van der Waals surface area contributed by atoms with E-state index in [1.165, 1.54) is 5.56 Å². The molecule has 6 heteroatoms. The molecule has 1 N–H and O–H groups in total. The lowest BCUT2D eigenvalue weighted by Crippen LogP contribution is -2.42. The van der Waals surface area contributed by atoms with E-state index in [9.17, 15) is 9.90 Å². The molecule has 1 fully saturated rings. The molecule has 112 valence electrons. The van der Waals surface area contributed by atoms with Gasteiger partial charge in [-0.25, -0.2) is 0 Å². The summed E-state index contributed by atoms with van der Waals surface area (Å²) in [6, 6.07) is -0.0533. The van der Waals surface area contributed by atoms with E-state index in [1.807, 2.05) is 17.9 Å². The van der Waals surface area contributed by atoms with Crippen molar-refractivity contribution < 1.29 is 14.6 Å². The Kier molecular flexibility index (Phi) is 4.77. The van der Waals surface area contributed by atoms with Crippen LogP contribution in [0.3, 0.4) is 0 Å². The van der Waals surface area contributed by atoms with E-state index in [0.717, 1.165) is 25.2 Å². The number of carboxylic acid groups (broad SMARTS) is 1. The minimum absolute atomic E-state index is 0.0533. The number of carbonyl (C=O) groups is 1. The second-order valence-electron chi connectivity index (χ2n) is 5.24. The number of aryl methyl sites for hydroxylation is 2. The zero-order chi connectivity index (χ0) is 14.7. The molecular weight excluding hydrogens is 258 g/mol. The van der Waals surface area contributed by atoms with Crippen molar-refractivity contribution in [2.75, 3.05) is 19.8 Å². The zero-order valence-corrected chi connectivity index (χ0v) is 12.4. The van der Waals surface area contributed by atoms with Crippen LogP contribution in [0.4, 0.5) is 0 Å². The van der Waals surface area contributed by atoms with Gasteiger partial charge < -0.3 is 9.84 Å². The highest BCUT2D eigenvalue weighted by atomic mass is 16.5. The van der Waals surface area contributed by atoms with Gasteiger partial charge in [-0.1, -0.05) is 13.8 Å². The van der Waals surface area contributed by atoms with Gasteiger partial charge in [0.25, 0.3) is 0 Å². The molecule has 0 bridgehead atoms. The van der Waals surface area contributed by atoms with Crippen molar-refractivity contribution in [1.29, 1.82) is 0 Å². The van der Waals surface area contributed by atoms with Gasteiger partial charge in [-0.3, -0.25) is 14.4 Å². The van der Waals surface area contributed by atoms with Crippen LogP contribution >= 0.6 is 0 Å². The first-order valence-electron chi connectivity index (χ1n) is 7.12. The van der Waals surface area contributed by atoms with E-state index < -0.39 is 11.9 Å². The summed E-state index contributed by atoms with van der Waals surface area (Å²) >= 11 is 0. The van der Waals surface area contributed by atoms with Gasteiger partial charge in [-0.15, -0.1) is 0 Å². The average molecular weight is 281 g/mol. The number of rotatable bonds is 6. The first kappa shape index (κ1) is 15.0. The summed E-state index contributed by atoms with van der Waals surface area (Å²) in [6.45, 7) is 6.47. The summed E-state index contributed by atoms with van der Waals surface area (Å²) in [4.78, 5) is 13.5. The molecule has 0 aromatic carbocycles. The predicted molar refractivity (Wildman–Crippen MR) is 74.4 cm³/mol. The molecule has 0 spiro atoms. The normalized spacial score (nSPS) is 22.6. The molecule has 2 heterocycles. The minimum atomic E-state index is -0.771. The van der Waals surface area contributed by atoms with Crippen molar-refractivity contribution in [3.63, 3.8) is 0 Å². The Morgan fingerprint density at radius 3 is 2.90 bits per heavy atom. The van der Waals surface area contributed by atoms with Gasteiger partial charge in [0.1, 0.15) is 0 Å². The summed E-state index contributed by atoms with van der Waals surface area (Å²) in [5.74, 6) is -1.20. The average Bonchev–Trinajstić information content (AvgIpc) is 3.02. The molecule has 0 amide bonds. The Morgan fingerprint density at radius 2 is 2.30 bits per heavy atom. The zero-order valence-electron chi connectivity index (χ0n) is 12.4. The van der Waals surface area contributed by atoms with Crippen molar-refractivity contribution in [3.05, 3.63) is 17.5 Å². The quantitative estimate of drug-likeness (QED) is 0.839. The van der Waals surface area contributed by atoms with Crippen molar-refractivity contribution in [2.24, 2.45) is 13.0 Å². The maximum Gasteiger partial charge on any atom is 0.310 e. The summed E-state index contributed by atoms with van der Waals surface area (Å²) in [5.41, 5.74) is 2.25. The van der Waals surface area contributed by atoms with Crippen LogP contribution < -0.4 is 0 Å². The molecule has 2 unspecified atom stereocenters. The highest BCUT2D eigenvalue weighted by molar-refractivity contribution is 5.71. The van der Waals surface area contributed by atoms with Crippen LogP contribution in [0.2, 0.25) is 0 Å². The number of hydrogen-bond donors (Lipinski definition) is 1. The molecule has 0 radical (unpaired) electrons. The molecule has 6 nitrogen and oxygen atoms in total. The van der Waals surface area contributed by atoms with Crippen LogP contribution in [0.5, 0.6) is 0 Å². The first-order chi connectivity index (χ1) is 9.56. The third-order valence-electron chi connectivity index (χ3n) is 3.94. The molecule has 1 aromatic rings. The van der Waals surface area contributed by atoms with Gasteiger partial charge in [0.05, 0.1) is 24.8 Å². The number of likely N-dealkylation sites (N-methyl/N-ethyl adjacent to an activating group) is 1. The second-order valence-corrected chi connectivity index (χ2v) is 5.24. The third kappa shape index (κ3) is 3.02. The highest BCUT2D eigenvalue weighted by Crippen LogP contribution is 2.22. The standard InChI is InChI=1S/C14H23N3O3/c1-4-12-10(6-16(3)15-12)7-17(5-2)13-9-20-8-11(13)14(18)19/h6,11,13H,4-5,7-9H2,1-3H3,(H,18,19). The van der Waals surface area contributed by atoms with E-state index in [2.05, 4.69) is 23.8 Å². The molecule has 1 saturated heterocycles. The van der Waals surface area contributed by atoms with Crippen LogP contribution in [0, 0.1) is 5.92 Å². The second kappa shape index (κ2) is 6.37. The molecule has 20 heavy (non-hydrogen) atoms. The maximum absolute atomic E-state index is 11.3. The lowest BCUT2D eigenvalue weighted by atomic mass is 10.0. The van der Waals surface area contributed by atoms with Gasteiger partial charge in [-0.2, -0.15) is 5.10 Å². The fourth-order valence-corrected chi connectivity index (χ4v) is 2.83. The molecular formula is C14H23N3O3. The number of carboxylic acids is 1. The van der Waals surface area contributed by atoms with Crippen molar-refractivity contribution in [2.45, 2.75) is 32.9 Å². The van der Waals surface area contributed by atoms with Gasteiger partial charge >= 0.3 is 5.97 Å². The van der Waals surface area contributed by atoms with E-state index >= 15 is 0 Å². The summed E-state index contributed by atoms with van der Waals surface area (Å²) < 4.78 is 7.19. The Hall–Kier alpha value is -1.40. The Balaban J connectivity index is 2.14. The number of aromatic nitrogens is 2. The number of hydrogen-bond acceptors (Lipinski definition) is 4. The third-order valence-corrected chi connectivity index (χ3v) is 3.94. The number of ether oxygens (including phenoxy) is 1. The molecule has 0 saturated carbocycles. The van der Waals surface area contributed by atoms with Crippen molar-refractivity contribution in [1.82, 2.24) is 14.7 Å². The van der Waals surface area contributed by atoms with Crippen molar-refractivity contribution in [3.8, 4) is 0 Å². The van der Waals surface area contributed by atoms with Gasteiger partial charge in [0.2, 0.25) is 0 Å². The number of aliphatic carboxylic acids is 1. The van der Waals surface area contributed by atoms with Crippen molar-refractivity contribution >= 4 is 5.97 Å². The fourth-order valence-electron chi connectivity index (χ4n) is 2.83. The highest BCUT2D eigenvalue weighted by Gasteiger charge is 2.37. The maximum atomic E-state index is 11.3. The molecule has 2 rings (SSSR count). The van der Waals surface area contributed by atoms with Crippen LogP contribution in [-0.4, -0.2) is 51.6 Å². The summed E-state index contributed by atoms with van der Waals surface area (Å²) in [5, 5.41) is 13.7. The van der Waals surface area contributed by atoms with E-state index in [-0.39, 0.29) is 6.04 Å². The smallest absolute Gasteiger partial charge is 0.310 e. The Labute approximate surface area is 119 Å². The summed E-state index contributed by atoms with van der Waals surface area (Å²) in [6.07, 6.45) is 2.91. The van der Waals surface area contributed by atoms with Crippen LogP contribution in [0.1, 0.15) is 25.1 Å². The molecule has 1 aliphatic heterocycles. The minimum Gasteiger partial charge on any atom is -0.481 e. The Bertz CT molecular complexity index is 472. The molecule has 1 aromatic heterocycles. The molecule has 1 aliphatic rings. The van der Waals surface area contributed by atoms with Crippen LogP contribution in [-0.2, 0) is 29.5 Å². The lowest BCUT2D eigenvalue weighted by Gasteiger charge is -2.28. The Morgan fingerprint density at radius 1 is 1.55 bits per heavy atom. The van der Waals surface area contributed by atoms with Gasteiger partial charge in [0.15, 0.2) is 0 Å². The molecule has 0 aliphatic carbocycles. The van der Waals surface area contributed by atoms with Gasteiger partial charge in [-0.05, 0) is 13.0 Å². The van der Waals surface area contributed by atoms with E-state index in [0.29, 0.717) is 13.2 Å². The van der Waals surface area contributed by atoms with Crippen LogP contribution in [0.25, 0.3) is 0 Å². The SMILES string of the molecule is CCc1nn(C)cc1CN(CC)C1COCC1C(=O)O. The molecule has 2 atom stereocenters. The first-order valence-corrected chi connectivity index (χ1v) is 7.12. The lowest BCUT2D eigenvalue weighted by molar-refractivity contribution is -0.143. The topological polar surface area (TPSA) is 67.6 Å². The van der Waals surface area contributed by atoms with E-state index in [4.69, 9.17) is 4.74 Å². The van der Waals surface area contributed by atoms with Crippen LogP contribution in [0.15, 0.2) is 6.20 Å². The monoisotopic (exact) mass is 281 g/mol. The fraction of sp³-hybridized carbons (Fsp3) is 0.714. The largest absolute Gasteiger partial charge is 0.481 e. The number of nitrogens with zero attached hydrogens (tertiary/aromatic N) is 3. The van der Waals surface area contributed by atoms with E-state index in [1.54, 1.807) is 0 Å². The predicted octanol–water partition coefficient (Wildman–Crippen LogP) is 0.904. The summed E-state index contributed by atoms with van der Waals surface area (Å²) in [7, 11) is 1.91.